The third kappa shape index (κ3) is 3.61. The molecule has 13 heavy (non-hydrogen) atoms. The van der Waals surface area contributed by atoms with Crippen LogP contribution >= 0.6 is 0 Å². The molecule has 0 aliphatic carbocycles. The van der Waals surface area contributed by atoms with E-state index in [1.807, 2.05) is 18.2 Å². The average Bonchev–Trinajstić information content (AvgIpc) is 2.84. The molecule has 1 saturated heterocycles. The molecule has 0 aromatic carbocycles. The Bertz CT molecular complexity index is 290. The van der Waals surface area contributed by atoms with Crippen molar-refractivity contribution in [3.63, 3.8) is 0 Å². The Balaban J connectivity index is 2.35. The Morgan fingerprint density at radius 3 is 2.62 bits per heavy atom. The first kappa shape index (κ1) is 9.59. The lowest BCUT2D eigenvalue weighted by atomic mass is 10.3. The smallest absolute Gasteiger partial charge is 0.0624 e. The fraction of sp³-hybridized carbons (Fsp3) is 0.167. The summed E-state index contributed by atoms with van der Waals surface area (Å²) in [4.78, 5) is 0. The summed E-state index contributed by atoms with van der Waals surface area (Å²) < 4.78 is 0. The zero-order chi connectivity index (χ0) is 9.52. The second kappa shape index (κ2) is 5.20. The monoisotopic (exact) mass is 173 g/mol. The zero-order valence-corrected chi connectivity index (χ0v) is 7.96. The van der Waals surface area contributed by atoms with Gasteiger partial charge in [0.15, 0.2) is 0 Å². The molecule has 1 nitrogen and oxygen atoms in total. The van der Waals surface area contributed by atoms with E-state index in [9.17, 15) is 0 Å². The molecule has 68 valence electrons. The second-order valence-corrected chi connectivity index (χ2v) is 2.74. The van der Waals surface area contributed by atoms with Gasteiger partial charge in [-0.3, -0.25) is 0 Å². The molecule has 0 amide bonds. The predicted molar refractivity (Wildman–Crippen MR) is 58.1 cm³/mol. The van der Waals surface area contributed by atoms with E-state index in [4.69, 9.17) is 0 Å². The first-order chi connectivity index (χ1) is 6.38. The number of allylic oxidation sites excluding steroid dienone is 7. The van der Waals surface area contributed by atoms with Gasteiger partial charge in [-0.1, -0.05) is 43.9 Å². The summed E-state index contributed by atoms with van der Waals surface area (Å²) in [6.45, 7) is 5.74. The van der Waals surface area contributed by atoms with E-state index < -0.39 is 0 Å². The lowest BCUT2D eigenvalue weighted by Gasteiger charge is -1.73. The van der Waals surface area contributed by atoms with Crippen LogP contribution in [-0.2, 0) is 0 Å². The Kier molecular flexibility index (Phi) is 3.83. The molecule has 1 fully saturated rings. The first-order valence-electron chi connectivity index (χ1n) is 4.52. The quantitative estimate of drug-likeness (QED) is 0.512. The molecule has 1 N–H and O–H groups in total. The van der Waals surface area contributed by atoms with E-state index in [1.54, 1.807) is 6.08 Å². The Morgan fingerprint density at radius 1 is 1.15 bits per heavy atom. The van der Waals surface area contributed by atoms with Crippen LogP contribution in [0.4, 0.5) is 0 Å². The number of hydrogen-bond acceptors (Lipinski definition) is 1. The fourth-order valence-electron chi connectivity index (χ4n) is 0.925. The minimum absolute atomic E-state index is 1.08. The molecule has 1 heterocycles. The first-order valence-corrected chi connectivity index (χ1v) is 4.52. The molecule has 0 saturated carbocycles. The standard InChI is InChI=1S/C12H15N/c1-3-5-6-7-8-10-12-11(13-12)9-4-2/h4-10,13H,2-3H2,1H3/b6-5-,8-7+,11-9+,12-10-. The van der Waals surface area contributed by atoms with Crippen LogP contribution in [0.25, 0.3) is 0 Å². The van der Waals surface area contributed by atoms with Crippen molar-refractivity contribution in [3.8, 4) is 0 Å². The van der Waals surface area contributed by atoms with Crippen LogP contribution in [0.1, 0.15) is 13.3 Å². The summed E-state index contributed by atoms with van der Waals surface area (Å²) in [6.07, 6.45) is 15.1. The lowest BCUT2D eigenvalue weighted by molar-refractivity contribution is 1.22. The molecule has 0 bridgehead atoms. The van der Waals surface area contributed by atoms with Gasteiger partial charge in [0.05, 0.1) is 11.4 Å². The van der Waals surface area contributed by atoms with Crippen molar-refractivity contribution in [2.75, 3.05) is 0 Å². The molecular formula is C12H15N. The highest BCUT2D eigenvalue weighted by atomic mass is 15.1. The average molecular weight is 173 g/mol. The van der Waals surface area contributed by atoms with Crippen molar-refractivity contribution in [1.29, 1.82) is 0 Å². The molecular weight excluding hydrogens is 158 g/mol. The fourth-order valence-corrected chi connectivity index (χ4v) is 0.925. The van der Waals surface area contributed by atoms with Gasteiger partial charge in [0.1, 0.15) is 0 Å². The highest BCUT2D eigenvalue weighted by Gasteiger charge is 2.16. The molecule has 0 spiro atoms. The number of nitrogens with one attached hydrogen (secondary N) is 1. The van der Waals surface area contributed by atoms with Crippen molar-refractivity contribution >= 4 is 0 Å². The van der Waals surface area contributed by atoms with Crippen LogP contribution in [0.3, 0.4) is 0 Å². The molecule has 1 heteroatoms. The van der Waals surface area contributed by atoms with Gasteiger partial charge in [0.25, 0.3) is 0 Å². The Labute approximate surface area is 79.8 Å². The second-order valence-electron chi connectivity index (χ2n) is 2.74. The van der Waals surface area contributed by atoms with Gasteiger partial charge < -0.3 is 5.32 Å². The maximum atomic E-state index is 3.62. The minimum Gasteiger partial charge on any atom is -0.352 e. The predicted octanol–water partition coefficient (Wildman–Crippen LogP) is 3.07. The number of rotatable bonds is 4. The van der Waals surface area contributed by atoms with Crippen LogP contribution < -0.4 is 5.32 Å². The van der Waals surface area contributed by atoms with Crippen LogP contribution in [0.2, 0.25) is 0 Å². The van der Waals surface area contributed by atoms with Gasteiger partial charge in [-0.25, -0.2) is 0 Å². The molecule has 0 unspecified atom stereocenters. The van der Waals surface area contributed by atoms with Crippen molar-refractivity contribution in [2.24, 2.45) is 0 Å². The minimum atomic E-state index is 1.08. The normalized spacial score (nSPS) is 21.6. The summed E-state index contributed by atoms with van der Waals surface area (Å²) in [5, 5.41) is 3.14. The van der Waals surface area contributed by atoms with E-state index >= 15 is 0 Å². The third-order valence-electron chi connectivity index (χ3n) is 1.64. The van der Waals surface area contributed by atoms with Crippen LogP contribution in [-0.4, -0.2) is 0 Å². The largest absolute Gasteiger partial charge is 0.352 e. The molecule has 0 aromatic rings. The highest BCUT2D eigenvalue weighted by molar-refractivity contribution is 5.49. The van der Waals surface area contributed by atoms with E-state index in [0.717, 1.165) is 6.42 Å². The van der Waals surface area contributed by atoms with Gasteiger partial charge >= 0.3 is 0 Å². The van der Waals surface area contributed by atoms with Crippen molar-refractivity contribution < 1.29 is 0 Å². The van der Waals surface area contributed by atoms with E-state index in [0.29, 0.717) is 0 Å². The molecule has 0 radical (unpaired) electrons. The maximum absolute atomic E-state index is 3.62. The number of hydrogen-bond donors (Lipinski definition) is 1. The molecule has 1 aliphatic heterocycles. The van der Waals surface area contributed by atoms with Crippen LogP contribution in [0.15, 0.2) is 60.5 Å². The summed E-state index contributed by atoms with van der Waals surface area (Å²) in [7, 11) is 0. The topological polar surface area (TPSA) is 21.9 Å². The Morgan fingerprint density at radius 2 is 1.92 bits per heavy atom. The molecule has 1 aliphatic rings. The van der Waals surface area contributed by atoms with Gasteiger partial charge in [-0.05, 0) is 18.6 Å². The summed E-state index contributed by atoms with van der Waals surface area (Å²) in [5.74, 6) is 0. The molecule has 0 aromatic heterocycles. The SMILES string of the molecule is C=C/C=C1/N/C1=C\C=C\C=C/CC. The summed E-state index contributed by atoms with van der Waals surface area (Å²) >= 11 is 0. The van der Waals surface area contributed by atoms with Crippen LogP contribution in [0.5, 0.6) is 0 Å². The van der Waals surface area contributed by atoms with E-state index in [1.165, 1.54) is 11.4 Å². The van der Waals surface area contributed by atoms with Crippen molar-refractivity contribution in [2.45, 2.75) is 13.3 Å². The maximum Gasteiger partial charge on any atom is 0.0624 e. The van der Waals surface area contributed by atoms with Crippen molar-refractivity contribution in [1.82, 2.24) is 5.32 Å². The summed E-state index contributed by atoms with van der Waals surface area (Å²) in [5.41, 5.74) is 2.35. The summed E-state index contributed by atoms with van der Waals surface area (Å²) in [6, 6.07) is 0. The van der Waals surface area contributed by atoms with E-state index in [2.05, 4.69) is 37.0 Å². The van der Waals surface area contributed by atoms with Gasteiger partial charge in [-0.2, -0.15) is 0 Å². The van der Waals surface area contributed by atoms with Gasteiger partial charge in [-0.15, -0.1) is 0 Å². The van der Waals surface area contributed by atoms with Crippen molar-refractivity contribution in [3.05, 3.63) is 60.5 Å². The molecule has 1 rings (SSSR count). The molecule has 0 atom stereocenters. The third-order valence-corrected chi connectivity index (χ3v) is 1.64. The van der Waals surface area contributed by atoms with Gasteiger partial charge in [0.2, 0.25) is 0 Å². The highest BCUT2D eigenvalue weighted by Crippen LogP contribution is 2.19. The lowest BCUT2D eigenvalue weighted by Crippen LogP contribution is -1.60. The van der Waals surface area contributed by atoms with E-state index in [-0.39, 0.29) is 0 Å². The van der Waals surface area contributed by atoms with Crippen LogP contribution in [0, 0.1) is 0 Å². The Hall–Kier alpha value is -1.50. The van der Waals surface area contributed by atoms with Gasteiger partial charge in [0, 0.05) is 0 Å². The zero-order valence-electron chi connectivity index (χ0n) is 7.96.